The van der Waals surface area contributed by atoms with Crippen LogP contribution in [0.1, 0.15) is 69.6 Å². The second-order valence-corrected chi connectivity index (χ2v) is 27.1. The molecule has 18 heteroatoms. The van der Waals surface area contributed by atoms with Crippen molar-refractivity contribution in [2.75, 3.05) is 152 Å². The first-order valence-electron chi connectivity index (χ1n) is 30.4. The van der Waals surface area contributed by atoms with Crippen molar-refractivity contribution in [3.63, 3.8) is 0 Å². The molecular formula is C72H84Cl12N6. The molecule has 0 spiro atoms. The summed E-state index contributed by atoms with van der Waals surface area (Å²) in [5, 5.41) is 0. The second-order valence-electron chi connectivity index (χ2n) is 23.0. The van der Waals surface area contributed by atoms with Gasteiger partial charge in [0.15, 0.2) is 0 Å². The molecule has 0 radical (unpaired) electrons. The molecule has 0 saturated heterocycles. The molecule has 6 unspecified atom stereocenters. The Hall–Kier alpha value is -2.22. The highest BCUT2D eigenvalue weighted by Crippen LogP contribution is 2.57. The van der Waals surface area contributed by atoms with Gasteiger partial charge in [0.1, 0.15) is 0 Å². The summed E-state index contributed by atoms with van der Waals surface area (Å²) in [7, 11) is 12.4. The largest absolute Gasteiger partial charge is 0.297 e. The molecule has 6 nitrogen and oxygen atoms in total. The standard InChI is InChI=1S/C72H84Cl12N6/c1-85(37-31-73)61(43-79)49-7-19-55(20-8-49)67-68(56-21-9-50(10-22-56)62(44-80)86(2)38-32-74)70(58-25-13-52(14-26-58)64(46-82)88(4)40-34-76)72(60-29-17-54(18-30-60)66(48-84)90(6)42-36-78)71(59-27-15-53(16-28-59)65(47-83)89(5)41-35-77)69(67)57-23-11-51(12-24-57)63(45-81)87(3)39-33-75/h7-30,61-66H,31-48H2,1-6H3. The minimum absolute atomic E-state index is 0.0840. The SMILES string of the molecule is CN(CCCl)C(CCl)c1ccc(-c2c(-c3ccc(C(CCl)N(C)CCCl)cc3)c(-c3ccc(C(CCl)N(C)CCCl)cc3)c(-c3ccc(C(CCl)N(C)CCCl)cc3)c(-c3ccc(C(CCl)N(C)CCCl)cc3)c2-c2ccc(C(CCl)N(C)CCCl)cc2)cc1. The van der Waals surface area contributed by atoms with Crippen LogP contribution in [0, 0.1) is 0 Å². The summed E-state index contributed by atoms with van der Waals surface area (Å²) < 4.78 is 0. The molecule has 0 heterocycles. The van der Waals surface area contributed by atoms with Gasteiger partial charge < -0.3 is 0 Å². The quantitative estimate of drug-likeness (QED) is 0.0362. The Bertz CT molecular complexity index is 2670. The number of hydrogen-bond acceptors (Lipinski definition) is 6. The highest BCUT2D eigenvalue weighted by molar-refractivity contribution is 6.21. The maximum atomic E-state index is 6.86. The third-order valence-electron chi connectivity index (χ3n) is 17.7. The lowest BCUT2D eigenvalue weighted by atomic mass is 9.73. The van der Waals surface area contributed by atoms with E-state index in [2.05, 4.69) is 217 Å². The second kappa shape index (κ2) is 37.9. The van der Waals surface area contributed by atoms with Gasteiger partial charge in [-0.25, -0.2) is 0 Å². The molecule has 486 valence electrons. The number of hydrogen-bond donors (Lipinski definition) is 0. The van der Waals surface area contributed by atoms with Gasteiger partial charge in [-0.05, 0) is 142 Å². The van der Waals surface area contributed by atoms with Crippen LogP contribution in [0.4, 0.5) is 0 Å². The lowest BCUT2D eigenvalue weighted by molar-refractivity contribution is 0.280. The van der Waals surface area contributed by atoms with Crippen molar-refractivity contribution in [2.24, 2.45) is 0 Å². The zero-order valence-corrected chi connectivity index (χ0v) is 61.3. The summed E-state index contributed by atoms with van der Waals surface area (Å²) in [6.07, 6.45) is 0. The summed E-state index contributed by atoms with van der Waals surface area (Å²) in [5.41, 5.74) is 18.7. The van der Waals surface area contributed by atoms with Crippen LogP contribution in [0.5, 0.6) is 0 Å². The van der Waals surface area contributed by atoms with Crippen molar-refractivity contribution in [3.05, 3.63) is 179 Å². The molecule has 90 heavy (non-hydrogen) atoms. The molecule has 0 aliphatic heterocycles. The van der Waals surface area contributed by atoms with Crippen molar-refractivity contribution in [3.8, 4) is 66.8 Å². The third kappa shape index (κ3) is 18.3. The van der Waals surface area contributed by atoms with Gasteiger partial charge in [0.2, 0.25) is 0 Å². The summed E-state index contributed by atoms with van der Waals surface area (Å²) >= 11 is 79.4. The number of halogens is 12. The van der Waals surface area contributed by atoms with Crippen LogP contribution in [-0.4, -0.2) is 182 Å². The van der Waals surface area contributed by atoms with Crippen LogP contribution in [0.3, 0.4) is 0 Å². The van der Waals surface area contributed by atoms with Gasteiger partial charge in [0.05, 0.1) is 0 Å². The van der Waals surface area contributed by atoms with Gasteiger partial charge >= 0.3 is 0 Å². The Morgan fingerprint density at radius 1 is 0.200 bits per heavy atom. The molecule has 7 rings (SSSR count). The Morgan fingerprint density at radius 3 is 0.400 bits per heavy atom. The predicted octanol–water partition coefficient (Wildman–Crippen LogP) is 20.4. The van der Waals surface area contributed by atoms with Crippen LogP contribution in [0.25, 0.3) is 66.8 Å². The fourth-order valence-corrected chi connectivity index (χ4v) is 16.3. The van der Waals surface area contributed by atoms with Crippen LogP contribution in [0.2, 0.25) is 0 Å². The monoisotopic (exact) mass is 1450 g/mol. The molecule has 6 atom stereocenters. The number of rotatable bonds is 36. The summed E-state index contributed by atoms with van der Waals surface area (Å²) in [6, 6.07) is 53.3. The molecule has 0 aliphatic carbocycles. The van der Waals surface area contributed by atoms with Crippen molar-refractivity contribution in [2.45, 2.75) is 36.3 Å². The highest BCUT2D eigenvalue weighted by atomic mass is 35.5. The fourth-order valence-electron chi connectivity index (χ4n) is 12.2. The Balaban J connectivity index is 1.77. The summed E-state index contributed by atoms with van der Waals surface area (Å²) in [6.45, 7) is 4.04. The lowest BCUT2D eigenvalue weighted by Gasteiger charge is -2.31. The van der Waals surface area contributed by atoms with Gasteiger partial charge in [-0.3, -0.25) is 29.4 Å². The molecule has 0 N–H and O–H groups in total. The summed E-state index contributed by atoms with van der Waals surface area (Å²) in [5.74, 6) is 5.16. The third-order valence-corrected chi connectivity index (χ3v) is 20.5. The highest BCUT2D eigenvalue weighted by Gasteiger charge is 2.32. The van der Waals surface area contributed by atoms with E-state index in [1.807, 2.05) is 0 Å². The number of benzene rings is 7. The average Bonchev–Trinajstić information content (AvgIpc) is 0.731. The average molecular weight is 1460 g/mol. The number of nitrogens with zero attached hydrogens (tertiary/aromatic N) is 6. The Kier molecular flexibility index (Phi) is 31.7. The van der Waals surface area contributed by atoms with Gasteiger partial charge in [0.25, 0.3) is 0 Å². The van der Waals surface area contributed by atoms with E-state index in [1.165, 1.54) is 0 Å². The van der Waals surface area contributed by atoms with Gasteiger partial charge in [-0.2, -0.15) is 0 Å². The topological polar surface area (TPSA) is 19.4 Å². The van der Waals surface area contributed by atoms with Crippen molar-refractivity contribution in [1.29, 1.82) is 0 Å². The zero-order valence-electron chi connectivity index (χ0n) is 52.3. The van der Waals surface area contributed by atoms with E-state index in [4.69, 9.17) is 139 Å². The van der Waals surface area contributed by atoms with E-state index in [-0.39, 0.29) is 36.3 Å². The van der Waals surface area contributed by atoms with Gasteiger partial charge in [0, 0.05) is 146 Å². The first-order valence-corrected chi connectivity index (χ1v) is 36.9. The summed E-state index contributed by atoms with van der Waals surface area (Å²) in [4.78, 5) is 13.3. The van der Waals surface area contributed by atoms with E-state index in [0.29, 0.717) is 110 Å². The van der Waals surface area contributed by atoms with E-state index in [1.54, 1.807) is 0 Å². The minimum Gasteiger partial charge on any atom is -0.297 e. The van der Waals surface area contributed by atoms with Crippen molar-refractivity contribution in [1.82, 2.24) is 29.4 Å². The normalized spacial score (nSPS) is 14.1. The molecule has 0 aromatic heterocycles. The van der Waals surface area contributed by atoms with E-state index in [9.17, 15) is 0 Å². The molecule has 0 saturated carbocycles. The molecule has 0 aliphatic rings. The van der Waals surface area contributed by atoms with Crippen molar-refractivity contribution >= 4 is 139 Å². The molecule has 7 aromatic carbocycles. The van der Waals surface area contributed by atoms with Crippen LogP contribution < -0.4 is 0 Å². The first kappa shape index (κ1) is 75.2. The van der Waals surface area contributed by atoms with Crippen LogP contribution in [-0.2, 0) is 0 Å². The van der Waals surface area contributed by atoms with E-state index >= 15 is 0 Å². The molecular weight excluding hydrogens is 1370 g/mol. The molecule has 0 amide bonds. The smallest absolute Gasteiger partial charge is 0.0480 e. The Labute approximate surface area is 597 Å². The predicted molar refractivity (Wildman–Crippen MR) is 400 cm³/mol. The maximum absolute atomic E-state index is 6.86. The zero-order chi connectivity index (χ0) is 65.0. The van der Waals surface area contributed by atoms with Gasteiger partial charge in [-0.1, -0.05) is 146 Å². The van der Waals surface area contributed by atoms with Crippen LogP contribution in [0.15, 0.2) is 146 Å². The minimum atomic E-state index is -0.0840. The Morgan fingerprint density at radius 2 is 0.311 bits per heavy atom. The molecule has 0 fully saturated rings. The van der Waals surface area contributed by atoms with E-state index < -0.39 is 0 Å². The lowest BCUT2D eigenvalue weighted by Crippen LogP contribution is -2.27. The van der Waals surface area contributed by atoms with E-state index in [0.717, 1.165) is 100 Å². The number of alkyl halides is 12. The molecule has 7 aromatic rings. The van der Waals surface area contributed by atoms with Crippen molar-refractivity contribution < 1.29 is 0 Å². The fraction of sp³-hybridized carbons (Fsp3) is 0.417. The molecule has 0 bridgehead atoms. The van der Waals surface area contributed by atoms with Gasteiger partial charge in [-0.15, -0.1) is 139 Å². The maximum Gasteiger partial charge on any atom is 0.0480 e. The first-order chi connectivity index (χ1) is 43.6. The van der Waals surface area contributed by atoms with Crippen LogP contribution >= 0.6 is 139 Å².